The second kappa shape index (κ2) is 9.46. The van der Waals surface area contributed by atoms with Crippen LogP contribution < -0.4 is 5.32 Å². The zero-order chi connectivity index (χ0) is 23.7. The molecule has 1 unspecified atom stereocenters. The number of benzene rings is 3. The van der Waals surface area contributed by atoms with Crippen LogP contribution in [0, 0.1) is 5.92 Å². The number of hydrogen-bond donors (Lipinski definition) is 1. The molecular formula is C25H22ClN3O3S2. The van der Waals surface area contributed by atoms with Crippen LogP contribution in [-0.4, -0.2) is 36.7 Å². The fraction of sp³-hybridized carbons (Fsp3) is 0.200. The van der Waals surface area contributed by atoms with Crippen LogP contribution in [0.1, 0.15) is 12.8 Å². The van der Waals surface area contributed by atoms with Gasteiger partial charge in [0.1, 0.15) is 5.01 Å². The van der Waals surface area contributed by atoms with Gasteiger partial charge in [0.25, 0.3) is 0 Å². The van der Waals surface area contributed by atoms with Crippen molar-refractivity contribution in [1.82, 2.24) is 9.29 Å². The Balaban J connectivity index is 1.26. The molecule has 0 spiro atoms. The molecule has 174 valence electrons. The van der Waals surface area contributed by atoms with E-state index in [4.69, 9.17) is 11.6 Å². The van der Waals surface area contributed by atoms with Gasteiger partial charge in [-0.3, -0.25) is 4.79 Å². The molecule has 3 aromatic carbocycles. The standard InChI is InChI=1S/C25H22ClN3O3S2/c26-19-9-13-21(14-10-19)34(31,32)29-15-3-4-18(16-29)24(30)27-20-11-7-17(8-12-20)25-28-22-5-1-2-6-23(22)33-25/h1-2,5-14,18H,3-4,15-16H2,(H,27,30). The minimum Gasteiger partial charge on any atom is -0.326 e. The summed E-state index contributed by atoms with van der Waals surface area (Å²) in [7, 11) is -3.68. The van der Waals surface area contributed by atoms with E-state index < -0.39 is 15.9 Å². The fourth-order valence-corrected chi connectivity index (χ4v) is 6.69. The summed E-state index contributed by atoms with van der Waals surface area (Å²) >= 11 is 7.51. The summed E-state index contributed by atoms with van der Waals surface area (Å²) in [5, 5.41) is 4.34. The Hall–Kier alpha value is -2.78. The second-order valence-electron chi connectivity index (χ2n) is 8.21. The summed E-state index contributed by atoms with van der Waals surface area (Å²) in [6, 6.07) is 21.7. The molecule has 0 aliphatic carbocycles. The van der Waals surface area contributed by atoms with Crippen molar-refractivity contribution in [3.05, 3.63) is 77.8 Å². The van der Waals surface area contributed by atoms with Gasteiger partial charge in [0, 0.05) is 29.4 Å². The Morgan fingerprint density at radius 3 is 2.50 bits per heavy atom. The third kappa shape index (κ3) is 4.72. The van der Waals surface area contributed by atoms with Crippen molar-refractivity contribution in [2.24, 2.45) is 5.92 Å². The normalized spacial score (nSPS) is 17.0. The molecule has 1 aliphatic rings. The molecule has 6 nitrogen and oxygen atoms in total. The minimum absolute atomic E-state index is 0.153. The first-order valence-electron chi connectivity index (χ1n) is 10.9. The number of rotatable bonds is 5. The highest BCUT2D eigenvalue weighted by Gasteiger charge is 2.33. The Morgan fingerprint density at radius 1 is 1.03 bits per heavy atom. The molecule has 2 heterocycles. The number of nitrogens with zero attached hydrogens (tertiary/aromatic N) is 2. The maximum atomic E-state index is 13.0. The van der Waals surface area contributed by atoms with Crippen molar-refractivity contribution in [3.63, 3.8) is 0 Å². The fourth-order valence-electron chi connectivity index (χ4n) is 4.07. The molecule has 0 saturated carbocycles. The number of nitrogens with one attached hydrogen (secondary N) is 1. The lowest BCUT2D eigenvalue weighted by atomic mass is 9.98. The Morgan fingerprint density at radius 2 is 1.76 bits per heavy atom. The van der Waals surface area contributed by atoms with Crippen LogP contribution in [0.25, 0.3) is 20.8 Å². The van der Waals surface area contributed by atoms with Crippen molar-refractivity contribution in [2.75, 3.05) is 18.4 Å². The quantitative estimate of drug-likeness (QED) is 0.375. The van der Waals surface area contributed by atoms with E-state index in [1.54, 1.807) is 23.5 Å². The molecule has 34 heavy (non-hydrogen) atoms. The summed E-state index contributed by atoms with van der Waals surface area (Å²) in [4.78, 5) is 17.8. The van der Waals surface area contributed by atoms with E-state index >= 15 is 0 Å². The molecule has 0 bridgehead atoms. The van der Waals surface area contributed by atoms with Gasteiger partial charge in [0.2, 0.25) is 15.9 Å². The lowest BCUT2D eigenvalue weighted by Gasteiger charge is -2.31. The molecule has 1 atom stereocenters. The van der Waals surface area contributed by atoms with Gasteiger partial charge in [-0.05, 0) is 73.5 Å². The number of sulfonamides is 1. The van der Waals surface area contributed by atoms with E-state index in [0.29, 0.717) is 30.1 Å². The smallest absolute Gasteiger partial charge is 0.243 e. The maximum absolute atomic E-state index is 13.0. The van der Waals surface area contributed by atoms with E-state index in [1.165, 1.54) is 16.4 Å². The van der Waals surface area contributed by atoms with Gasteiger partial charge in [-0.25, -0.2) is 13.4 Å². The Kier molecular flexibility index (Phi) is 6.40. The Bertz CT molecular complexity index is 1400. The lowest BCUT2D eigenvalue weighted by molar-refractivity contribution is -0.120. The molecule has 1 fully saturated rings. The second-order valence-corrected chi connectivity index (χ2v) is 11.6. The monoisotopic (exact) mass is 511 g/mol. The van der Waals surface area contributed by atoms with Gasteiger partial charge in [0.15, 0.2) is 0 Å². The number of carbonyl (C=O) groups excluding carboxylic acids is 1. The summed E-state index contributed by atoms with van der Waals surface area (Å²) in [5.41, 5.74) is 2.62. The highest BCUT2D eigenvalue weighted by Crippen LogP contribution is 2.31. The van der Waals surface area contributed by atoms with Crippen molar-refractivity contribution >= 4 is 54.8 Å². The van der Waals surface area contributed by atoms with Crippen LogP contribution in [0.5, 0.6) is 0 Å². The minimum atomic E-state index is -3.68. The zero-order valence-corrected chi connectivity index (χ0v) is 20.5. The van der Waals surface area contributed by atoms with Crippen LogP contribution in [0.15, 0.2) is 77.7 Å². The predicted molar refractivity (Wildman–Crippen MR) is 137 cm³/mol. The molecule has 4 aromatic rings. The number of piperidine rings is 1. The third-order valence-electron chi connectivity index (χ3n) is 5.90. The highest BCUT2D eigenvalue weighted by atomic mass is 35.5. The number of hydrogen-bond acceptors (Lipinski definition) is 5. The van der Waals surface area contributed by atoms with Crippen LogP contribution in [0.4, 0.5) is 5.69 Å². The van der Waals surface area contributed by atoms with Gasteiger partial charge in [0.05, 0.1) is 21.0 Å². The summed E-state index contributed by atoms with van der Waals surface area (Å²) < 4.78 is 28.5. The van der Waals surface area contributed by atoms with Crippen molar-refractivity contribution < 1.29 is 13.2 Å². The highest BCUT2D eigenvalue weighted by molar-refractivity contribution is 7.89. The number of halogens is 1. The third-order valence-corrected chi connectivity index (χ3v) is 9.12. The molecule has 1 amide bonds. The van der Waals surface area contributed by atoms with E-state index in [2.05, 4.69) is 10.3 Å². The molecule has 9 heteroatoms. The number of fused-ring (bicyclic) bond motifs is 1. The average molecular weight is 512 g/mol. The number of anilines is 1. The first-order valence-corrected chi connectivity index (χ1v) is 13.6. The van der Waals surface area contributed by atoms with Crippen LogP contribution in [0.3, 0.4) is 0 Å². The Labute approximate surface area is 207 Å². The van der Waals surface area contributed by atoms with E-state index in [-0.39, 0.29) is 17.3 Å². The summed E-state index contributed by atoms with van der Waals surface area (Å²) in [6.07, 6.45) is 1.27. The molecule has 5 rings (SSSR count). The summed E-state index contributed by atoms with van der Waals surface area (Å²) in [6.45, 7) is 0.548. The predicted octanol–water partition coefficient (Wildman–Crippen LogP) is 5.66. The molecule has 1 N–H and O–H groups in total. The van der Waals surface area contributed by atoms with Gasteiger partial charge in [-0.2, -0.15) is 4.31 Å². The van der Waals surface area contributed by atoms with Gasteiger partial charge >= 0.3 is 0 Å². The van der Waals surface area contributed by atoms with Crippen LogP contribution in [-0.2, 0) is 14.8 Å². The van der Waals surface area contributed by atoms with Crippen LogP contribution in [0.2, 0.25) is 5.02 Å². The number of amides is 1. The van der Waals surface area contributed by atoms with Gasteiger partial charge < -0.3 is 5.32 Å². The van der Waals surface area contributed by atoms with E-state index in [9.17, 15) is 13.2 Å². The number of carbonyl (C=O) groups is 1. The van der Waals surface area contributed by atoms with Crippen molar-refractivity contribution in [2.45, 2.75) is 17.7 Å². The van der Waals surface area contributed by atoms with Gasteiger partial charge in [-0.15, -0.1) is 11.3 Å². The number of thiazole rings is 1. The summed E-state index contributed by atoms with van der Waals surface area (Å²) in [5.74, 6) is -0.594. The van der Waals surface area contributed by atoms with Crippen molar-refractivity contribution in [3.8, 4) is 10.6 Å². The topological polar surface area (TPSA) is 79.4 Å². The average Bonchev–Trinajstić information content (AvgIpc) is 3.29. The molecular weight excluding hydrogens is 490 g/mol. The first-order chi connectivity index (χ1) is 16.4. The molecule has 1 saturated heterocycles. The zero-order valence-electron chi connectivity index (χ0n) is 18.1. The van der Waals surface area contributed by atoms with Crippen LogP contribution >= 0.6 is 22.9 Å². The lowest BCUT2D eigenvalue weighted by Crippen LogP contribution is -2.43. The number of para-hydroxylation sites is 1. The molecule has 1 aliphatic heterocycles. The van der Waals surface area contributed by atoms with Gasteiger partial charge in [-0.1, -0.05) is 23.7 Å². The molecule has 0 radical (unpaired) electrons. The largest absolute Gasteiger partial charge is 0.326 e. The van der Waals surface area contributed by atoms with E-state index in [1.807, 2.05) is 48.5 Å². The maximum Gasteiger partial charge on any atom is 0.243 e. The van der Waals surface area contributed by atoms with Crippen molar-refractivity contribution in [1.29, 1.82) is 0 Å². The SMILES string of the molecule is O=C(Nc1ccc(-c2nc3ccccc3s2)cc1)C1CCCN(S(=O)(=O)c2ccc(Cl)cc2)C1. The molecule has 1 aromatic heterocycles. The van der Waals surface area contributed by atoms with E-state index in [0.717, 1.165) is 20.8 Å². The number of aromatic nitrogens is 1. The first kappa shape index (κ1) is 23.0.